The average Bonchev–Trinajstić information content (AvgIpc) is 2.78. The summed E-state index contributed by atoms with van der Waals surface area (Å²) in [6.45, 7) is 9.97. The number of hydrogen-bond acceptors (Lipinski definition) is 5. The maximum absolute atomic E-state index is 12.9. The molecule has 9 heteroatoms. The Morgan fingerprint density at radius 1 is 1.18 bits per heavy atom. The number of nitrogens with zero attached hydrogens (tertiary/aromatic N) is 2. The van der Waals surface area contributed by atoms with E-state index in [1.165, 1.54) is 28.1 Å². The lowest BCUT2D eigenvalue weighted by molar-refractivity contribution is -0.0212. The molecular weight excluding hydrogens is 462 g/mol. The van der Waals surface area contributed by atoms with Gasteiger partial charge in [-0.3, -0.25) is 9.69 Å². The minimum Gasteiger partial charge on any atom is -0.376 e. The maximum Gasteiger partial charge on any atom is 0.251 e. The molecule has 0 aliphatic carbocycles. The maximum atomic E-state index is 12.9. The zero-order valence-corrected chi connectivity index (χ0v) is 21.0. The molecule has 1 unspecified atom stereocenters. The summed E-state index contributed by atoms with van der Waals surface area (Å²) in [7, 11) is -3.77. The van der Waals surface area contributed by atoms with E-state index in [1.807, 2.05) is 12.1 Å². The Morgan fingerprint density at radius 2 is 1.91 bits per heavy atom. The third kappa shape index (κ3) is 6.55. The van der Waals surface area contributed by atoms with Crippen molar-refractivity contribution in [1.29, 1.82) is 0 Å². The SMILES string of the molecule is CCN(CC)S(=O)(=O)c1cc(C(=O)NCc2cccc(CN3CCOC(C)C3)c2)ccc1Cl. The molecular formula is C24H32ClN3O4S. The van der Waals surface area contributed by atoms with Crippen LogP contribution in [0.25, 0.3) is 0 Å². The third-order valence-corrected chi connectivity index (χ3v) is 8.22. The summed E-state index contributed by atoms with van der Waals surface area (Å²) >= 11 is 6.17. The van der Waals surface area contributed by atoms with Crippen LogP contribution in [0.5, 0.6) is 0 Å². The minimum atomic E-state index is -3.77. The summed E-state index contributed by atoms with van der Waals surface area (Å²) in [5.41, 5.74) is 2.41. The molecule has 1 aliphatic rings. The van der Waals surface area contributed by atoms with Crippen LogP contribution in [0.15, 0.2) is 47.4 Å². The second kappa shape index (κ2) is 11.4. The van der Waals surface area contributed by atoms with Crippen LogP contribution in [0.1, 0.15) is 42.3 Å². The van der Waals surface area contributed by atoms with Crippen LogP contribution in [0.4, 0.5) is 0 Å². The number of halogens is 1. The van der Waals surface area contributed by atoms with Gasteiger partial charge in [-0.1, -0.05) is 49.7 Å². The Bertz CT molecular complexity index is 1070. The van der Waals surface area contributed by atoms with E-state index in [-0.39, 0.29) is 27.5 Å². The number of nitrogens with one attached hydrogen (secondary N) is 1. The van der Waals surface area contributed by atoms with Gasteiger partial charge in [0.25, 0.3) is 5.91 Å². The molecule has 1 atom stereocenters. The van der Waals surface area contributed by atoms with Gasteiger partial charge in [0.1, 0.15) is 4.90 Å². The summed E-state index contributed by atoms with van der Waals surface area (Å²) < 4.78 is 32.7. The second-order valence-corrected chi connectivity index (χ2v) is 10.5. The van der Waals surface area contributed by atoms with Crippen LogP contribution in [0.2, 0.25) is 5.02 Å². The molecule has 0 bridgehead atoms. The van der Waals surface area contributed by atoms with E-state index in [4.69, 9.17) is 16.3 Å². The van der Waals surface area contributed by atoms with Gasteiger partial charge in [0.2, 0.25) is 10.0 Å². The van der Waals surface area contributed by atoms with E-state index in [1.54, 1.807) is 13.8 Å². The Morgan fingerprint density at radius 3 is 2.61 bits per heavy atom. The fourth-order valence-corrected chi connectivity index (χ4v) is 5.92. The van der Waals surface area contributed by atoms with Crippen molar-refractivity contribution < 1.29 is 17.9 Å². The second-order valence-electron chi connectivity index (χ2n) is 8.15. The van der Waals surface area contributed by atoms with Crippen molar-refractivity contribution in [3.05, 3.63) is 64.2 Å². The van der Waals surface area contributed by atoms with E-state index >= 15 is 0 Å². The minimum absolute atomic E-state index is 0.0535. The van der Waals surface area contributed by atoms with Gasteiger partial charge in [0.15, 0.2) is 0 Å². The lowest BCUT2D eigenvalue weighted by atomic mass is 10.1. The first-order valence-corrected chi connectivity index (χ1v) is 13.1. The Labute approximate surface area is 201 Å². The molecule has 1 N–H and O–H groups in total. The Hall–Kier alpha value is -1.97. The van der Waals surface area contributed by atoms with Gasteiger partial charge in [-0.15, -0.1) is 0 Å². The molecule has 7 nitrogen and oxygen atoms in total. The molecule has 3 rings (SSSR count). The molecule has 0 aromatic heterocycles. The Balaban J connectivity index is 1.68. The van der Waals surface area contributed by atoms with Crippen LogP contribution >= 0.6 is 11.6 Å². The lowest BCUT2D eigenvalue weighted by Crippen LogP contribution is -2.40. The highest BCUT2D eigenvalue weighted by Gasteiger charge is 2.25. The van der Waals surface area contributed by atoms with Crippen molar-refractivity contribution in [2.75, 3.05) is 32.8 Å². The summed E-state index contributed by atoms with van der Waals surface area (Å²) in [5, 5.41) is 2.98. The zero-order valence-electron chi connectivity index (χ0n) is 19.4. The van der Waals surface area contributed by atoms with Crippen LogP contribution in [0.3, 0.4) is 0 Å². The monoisotopic (exact) mass is 493 g/mol. The zero-order chi connectivity index (χ0) is 24.0. The molecule has 2 aromatic carbocycles. The molecule has 1 amide bonds. The van der Waals surface area contributed by atoms with Gasteiger partial charge in [0, 0.05) is 44.8 Å². The summed E-state index contributed by atoms with van der Waals surface area (Å²) in [6.07, 6.45) is 0.232. The van der Waals surface area contributed by atoms with Crippen LogP contribution in [-0.2, 0) is 27.8 Å². The highest BCUT2D eigenvalue weighted by atomic mass is 35.5. The number of hydrogen-bond donors (Lipinski definition) is 1. The van der Waals surface area contributed by atoms with Crippen molar-refractivity contribution in [1.82, 2.24) is 14.5 Å². The highest BCUT2D eigenvalue weighted by molar-refractivity contribution is 7.89. The van der Waals surface area contributed by atoms with Gasteiger partial charge in [-0.2, -0.15) is 4.31 Å². The number of ether oxygens (including phenoxy) is 1. The molecule has 1 saturated heterocycles. The van der Waals surface area contributed by atoms with Crippen LogP contribution < -0.4 is 5.32 Å². The third-order valence-electron chi connectivity index (χ3n) is 5.69. The average molecular weight is 494 g/mol. The van der Waals surface area contributed by atoms with Crippen LogP contribution in [-0.4, -0.2) is 62.4 Å². The summed E-state index contributed by atoms with van der Waals surface area (Å²) in [5.74, 6) is -0.352. The van der Waals surface area contributed by atoms with Gasteiger partial charge in [0.05, 0.1) is 17.7 Å². The molecule has 180 valence electrons. The number of carbonyl (C=O) groups excluding carboxylic acids is 1. The summed E-state index contributed by atoms with van der Waals surface area (Å²) in [6, 6.07) is 12.4. The fourth-order valence-electron chi connectivity index (χ4n) is 3.96. The first kappa shape index (κ1) is 25.6. The van der Waals surface area contributed by atoms with E-state index in [0.29, 0.717) is 19.6 Å². The number of benzene rings is 2. The number of amides is 1. The van der Waals surface area contributed by atoms with Crippen molar-refractivity contribution in [3.8, 4) is 0 Å². The first-order chi connectivity index (χ1) is 15.7. The first-order valence-electron chi connectivity index (χ1n) is 11.2. The van der Waals surface area contributed by atoms with Gasteiger partial charge in [-0.05, 0) is 36.2 Å². The van der Waals surface area contributed by atoms with E-state index in [9.17, 15) is 13.2 Å². The molecule has 0 saturated carbocycles. The fraction of sp³-hybridized carbons (Fsp3) is 0.458. The van der Waals surface area contributed by atoms with E-state index in [2.05, 4.69) is 29.3 Å². The molecule has 0 radical (unpaired) electrons. The highest BCUT2D eigenvalue weighted by Crippen LogP contribution is 2.26. The summed E-state index contributed by atoms with van der Waals surface area (Å²) in [4.78, 5) is 15.1. The number of carbonyl (C=O) groups is 1. The number of rotatable bonds is 9. The quantitative estimate of drug-likeness (QED) is 0.578. The molecule has 1 fully saturated rings. The topological polar surface area (TPSA) is 79.0 Å². The van der Waals surface area contributed by atoms with Crippen molar-refractivity contribution in [2.45, 2.75) is 44.9 Å². The molecule has 1 heterocycles. The lowest BCUT2D eigenvalue weighted by Gasteiger charge is -2.31. The smallest absolute Gasteiger partial charge is 0.251 e. The predicted molar refractivity (Wildman–Crippen MR) is 130 cm³/mol. The van der Waals surface area contributed by atoms with Crippen molar-refractivity contribution >= 4 is 27.5 Å². The van der Waals surface area contributed by atoms with Gasteiger partial charge >= 0.3 is 0 Å². The standard InChI is InChI=1S/C24H32ClN3O4S/c1-4-28(5-2)33(30,31)23-14-21(9-10-22(23)25)24(29)26-15-19-7-6-8-20(13-19)17-27-11-12-32-18(3)16-27/h6-10,13-14,18H,4-5,11-12,15-17H2,1-3H3,(H,26,29). The number of morpholine rings is 1. The van der Waals surface area contributed by atoms with Crippen molar-refractivity contribution in [3.63, 3.8) is 0 Å². The molecule has 0 spiro atoms. The van der Waals surface area contributed by atoms with E-state index < -0.39 is 10.0 Å². The normalized spacial score (nSPS) is 17.3. The number of sulfonamides is 1. The predicted octanol–water partition coefficient (Wildman–Crippen LogP) is 3.52. The molecule has 1 aliphatic heterocycles. The van der Waals surface area contributed by atoms with Gasteiger partial charge < -0.3 is 10.1 Å². The van der Waals surface area contributed by atoms with Crippen molar-refractivity contribution in [2.24, 2.45) is 0 Å². The molecule has 33 heavy (non-hydrogen) atoms. The van der Waals surface area contributed by atoms with E-state index in [0.717, 1.165) is 31.8 Å². The van der Waals surface area contributed by atoms with Gasteiger partial charge in [-0.25, -0.2) is 8.42 Å². The molecule has 2 aromatic rings. The Kier molecular flexibility index (Phi) is 8.89. The van der Waals surface area contributed by atoms with Crippen LogP contribution in [0, 0.1) is 0 Å². The largest absolute Gasteiger partial charge is 0.376 e.